The van der Waals surface area contributed by atoms with E-state index in [0.717, 1.165) is 11.1 Å². The quantitative estimate of drug-likeness (QED) is 0.918. The van der Waals surface area contributed by atoms with Crippen LogP contribution >= 0.6 is 0 Å². The Morgan fingerprint density at radius 1 is 1.26 bits per heavy atom. The van der Waals surface area contributed by atoms with Gasteiger partial charge in [0.25, 0.3) is 5.91 Å². The molecule has 1 aromatic heterocycles. The largest absolute Gasteiger partial charge is 0.495 e. The predicted octanol–water partition coefficient (Wildman–Crippen LogP) is 2.96. The van der Waals surface area contributed by atoms with Crippen LogP contribution in [0.5, 0.6) is 5.75 Å². The molecule has 0 bridgehead atoms. The van der Waals surface area contributed by atoms with Gasteiger partial charge in [0.05, 0.1) is 12.8 Å². The SMILES string of the molecule is COc1cc(C)cc(C)c1NC(=O)c1ccccn1. The van der Waals surface area contributed by atoms with Gasteiger partial charge < -0.3 is 10.1 Å². The molecular formula is C15H16N2O2. The number of hydrogen-bond donors (Lipinski definition) is 1. The zero-order valence-electron chi connectivity index (χ0n) is 11.2. The zero-order chi connectivity index (χ0) is 13.8. The standard InChI is InChI=1S/C15H16N2O2/c1-10-8-11(2)14(13(9-10)19-3)17-15(18)12-6-4-5-7-16-12/h4-9H,1-3H3,(H,17,18). The van der Waals surface area contributed by atoms with Gasteiger partial charge in [-0.05, 0) is 43.2 Å². The van der Waals surface area contributed by atoms with Gasteiger partial charge in [0, 0.05) is 6.20 Å². The number of carbonyl (C=O) groups is 1. The van der Waals surface area contributed by atoms with Gasteiger partial charge in [-0.3, -0.25) is 9.78 Å². The molecule has 1 amide bonds. The molecular weight excluding hydrogens is 240 g/mol. The highest BCUT2D eigenvalue weighted by atomic mass is 16.5. The second kappa shape index (κ2) is 5.52. The Labute approximate surface area is 112 Å². The number of nitrogens with zero attached hydrogens (tertiary/aromatic N) is 1. The van der Waals surface area contributed by atoms with Crippen molar-refractivity contribution >= 4 is 11.6 Å². The number of amides is 1. The molecule has 0 unspecified atom stereocenters. The van der Waals surface area contributed by atoms with Crippen LogP contribution in [0.4, 0.5) is 5.69 Å². The van der Waals surface area contributed by atoms with Crippen molar-refractivity contribution < 1.29 is 9.53 Å². The van der Waals surface area contributed by atoms with Gasteiger partial charge in [0.2, 0.25) is 0 Å². The minimum Gasteiger partial charge on any atom is -0.495 e. The number of benzene rings is 1. The monoisotopic (exact) mass is 256 g/mol. The third-order valence-electron chi connectivity index (χ3n) is 2.80. The van der Waals surface area contributed by atoms with Crippen molar-refractivity contribution in [2.24, 2.45) is 0 Å². The van der Waals surface area contributed by atoms with Crippen molar-refractivity contribution in [1.29, 1.82) is 0 Å². The van der Waals surface area contributed by atoms with E-state index < -0.39 is 0 Å². The molecule has 2 aromatic rings. The van der Waals surface area contributed by atoms with E-state index in [1.807, 2.05) is 26.0 Å². The fraction of sp³-hybridized carbons (Fsp3) is 0.200. The average molecular weight is 256 g/mol. The van der Waals surface area contributed by atoms with E-state index in [4.69, 9.17) is 4.74 Å². The van der Waals surface area contributed by atoms with E-state index in [-0.39, 0.29) is 5.91 Å². The first-order valence-corrected chi connectivity index (χ1v) is 5.99. The highest BCUT2D eigenvalue weighted by Gasteiger charge is 2.13. The van der Waals surface area contributed by atoms with Gasteiger partial charge in [-0.15, -0.1) is 0 Å². The summed E-state index contributed by atoms with van der Waals surface area (Å²) < 4.78 is 5.31. The van der Waals surface area contributed by atoms with Crippen molar-refractivity contribution in [3.63, 3.8) is 0 Å². The van der Waals surface area contributed by atoms with Crippen molar-refractivity contribution in [3.05, 3.63) is 53.3 Å². The summed E-state index contributed by atoms with van der Waals surface area (Å²) in [6.07, 6.45) is 1.59. The smallest absolute Gasteiger partial charge is 0.274 e. The van der Waals surface area contributed by atoms with Crippen molar-refractivity contribution in [2.75, 3.05) is 12.4 Å². The van der Waals surface area contributed by atoms with Crippen LogP contribution in [-0.4, -0.2) is 18.0 Å². The van der Waals surface area contributed by atoms with Crippen LogP contribution in [0.3, 0.4) is 0 Å². The third-order valence-corrected chi connectivity index (χ3v) is 2.80. The summed E-state index contributed by atoms with van der Waals surface area (Å²) in [5.74, 6) is 0.410. The number of nitrogens with one attached hydrogen (secondary N) is 1. The Morgan fingerprint density at radius 3 is 2.68 bits per heavy atom. The van der Waals surface area contributed by atoms with Crippen LogP contribution in [0.15, 0.2) is 36.5 Å². The first kappa shape index (κ1) is 13.1. The molecule has 0 spiro atoms. The molecule has 1 N–H and O–H groups in total. The molecule has 0 atom stereocenters. The number of rotatable bonds is 3. The molecule has 98 valence electrons. The van der Waals surface area contributed by atoms with Crippen LogP contribution in [-0.2, 0) is 0 Å². The number of methoxy groups -OCH3 is 1. The van der Waals surface area contributed by atoms with Crippen LogP contribution in [0.2, 0.25) is 0 Å². The Balaban J connectivity index is 2.31. The minimum atomic E-state index is -0.245. The van der Waals surface area contributed by atoms with Crippen molar-refractivity contribution in [3.8, 4) is 5.75 Å². The second-order valence-corrected chi connectivity index (χ2v) is 4.33. The van der Waals surface area contributed by atoms with E-state index >= 15 is 0 Å². The van der Waals surface area contributed by atoms with Gasteiger partial charge in [-0.25, -0.2) is 0 Å². The number of aryl methyl sites for hydroxylation is 2. The first-order chi connectivity index (χ1) is 9.11. The maximum atomic E-state index is 12.1. The van der Waals surface area contributed by atoms with Crippen molar-refractivity contribution in [2.45, 2.75) is 13.8 Å². The molecule has 0 aliphatic carbocycles. The predicted molar refractivity (Wildman–Crippen MR) is 74.7 cm³/mol. The highest BCUT2D eigenvalue weighted by molar-refractivity contribution is 6.04. The number of anilines is 1. The summed E-state index contributed by atoms with van der Waals surface area (Å²) in [4.78, 5) is 16.1. The molecule has 0 aliphatic rings. The molecule has 4 nitrogen and oxygen atoms in total. The lowest BCUT2D eigenvalue weighted by molar-refractivity contribution is 0.102. The number of carbonyl (C=O) groups excluding carboxylic acids is 1. The Hall–Kier alpha value is -2.36. The lowest BCUT2D eigenvalue weighted by Crippen LogP contribution is -2.15. The topological polar surface area (TPSA) is 51.2 Å². The normalized spacial score (nSPS) is 10.1. The Kier molecular flexibility index (Phi) is 3.80. The van der Waals surface area contributed by atoms with E-state index in [1.165, 1.54) is 0 Å². The highest BCUT2D eigenvalue weighted by Crippen LogP contribution is 2.29. The molecule has 0 aliphatic heterocycles. The van der Waals surface area contributed by atoms with E-state index in [2.05, 4.69) is 10.3 Å². The molecule has 0 saturated heterocycles. The number of aromatic nitrogens is 1. The van der Waals surface area contributed by atoms with Gasteiger partial charge in [-0.1, -0.05) is 12.1 Å². The average Bonchev–Trinajstić information content (AvgIpc) is 2.42. The molecule has 0 saturated carbocycles. The summed E-state index contributed by atoms with van der Waals surface area (Å²) in [5.41, 5.74) is 3.11. The fourth-order valence-corrected chi connectivity index (χ4v) is 1.92. The summed E-state index contributed by atoms with van der Waals surface area (Å²) in [6, 6.07) is 9.11. The Bertz CT molecular complexity index is 595. The zero-order valence-corrected chi connectivity index (χ0v) is 11.2. The van der Waals surface area contributed by atoms with Gasteiger partial charge in [0.15, 0.2) is 0 Å². The maximum absolute atomic E-state index is 12.1. The van der Waals surface area contributed by atoms with Crippen LogP contribution in [0, 0.1) is 13.8 Å². The van der Waals surface area contributed by atoms with Crippen LogP contribution in [0.25, 0.3) is 0 Å². The molecule has 0 fully saturated rings. The first-order valence-electron chi connectivity index (χ1n) is 5.99. The minimum absolute atomic E-state index is 0.245. The van der Waals surface area contributed by atoms with E-state index in [1.54, 1.807) is 31.5 Å². The third kappa shape index (κ3) is 2.91. The van der Waals surface area contributed by atoms with Gasteiger partial charge in [-0.2, -0.15) is 0 Å². The summed E-state index contributed by atoms with van der Waals surface area (Å²) in [5, 5.41) is 2.85. The van der Waals surface area contributed by atoms with E-state index in [9.17, 15) is 4.79 Å². The van der Waals surface area contributed by atoms with Crippen molar-refractivity contribution in [1.82, 2.24) is 4.98 Å². The van der Waals surface area contributed by atoms with E-state index in [0.29, 0.717) is 17.1 Å². The summed E-state index contributed by atoms with van der Waals surface area (Å²) in [7, 11) is 1.59. The molecule has 19 heavy (non-hydrogen) atoms. The summed E-state index contributed by atoms with van der Waals surface area (Å²) >= 11 is 0. The summed E-state index contributed by atoms with van der Waals surface area (Å²) in [6.45, 7) is 3.92. The second-order valence-electron chi connectivity index (χ2n) is 4.33. The maximum Gasteiger partial charge on any atom is 0.274 e. The van der Waals surface area contributed by atoms with Gasteiger partial charge >= 0.3 is 0 Å². The lowest BCUT2D eigenvalue weighted by Gasteiger charge is -2.13. The van der Waals surface area contributed by atoms with Crippen LogP contribution in [0.1, 0.15) is 21.6 Å². The fourth-order valence-electron chi connectivity index (χ4n) is 1.92. The molecule has 0 radical (unpaired) electrons. The molecule has 4 heteroatoms. The Morgan fingerprint density at radius 2 is 2.05 bits per heavy atom. The number of ether oxygens (including phenoxy) is 1. The lowest BCUT2D eigenvalue weighted by atomic mass is 10.1. The molecule has 1 heterocycles. The number of hydrogen-bond acceptors (Lipinski definition) is 3. The van der Waals surface area contributed by atoms with Gasteiger partial charge in [0.1, 0.15) is 11.4 Å². The molecule has 2 rings (SSSR count). The number of pyridine rings is 1. The molecule has 1 aromatic carbocycles. The van der Waals surface area contributed by atoms with Crippen LogP contribution < -0.4 is 10.1 Å².